The maximum absolute atomic E-state index is 9.46. The lowest BCUT2D eigenvalue weighted by molar-refractivity contribution is 0.267. The van der Waals surface area contributed by atoms with Crippen LogP contribution in [0.4, 0.5) is 0 Å². The maximum atomic E-state index is 9.46. The number of aryl methyl sites for hydroxylation is 1. The van der Waals surface area contributed by atoms with Gasteiger partial charge in [0.2, 0.25) is 0 Å². The zero-order chi connectivity index (χ0) is 13.2. The fourth-order valence-electron chi connectivity index (χ4n) is 2.30. The lowest BCUT2D eigenvalue weighted by Gasteiger charge is -2.08. The van der Waals surface area contributed by atoms with E-state index >= 15 is 0 Å². The Morgan fingerprint density at radius 2 is 1.79 bits per heavy atom. The van der Waals surface area contributed by atoms with Crippen molar-refractivity contribution in [2.24, 2.45) is 0 Å². The molecule has 0 aliphatic carbocycles. The molecule has 3 rings (SSSR count). The highest BCUT2D eigenvalue weighted by Crippen LogP contribution is 2.18. The number of imidazole rings is 1. The fourth-order valence-corrected chi connectivity index (χ4v) is 2.30. The highest BCUT2D eigenvalue weighted by atomic mass is 16.3. The molecule has 3 heteroatoms. The standard InChI is InChI=1S/C16H16N2O/c1-12-6-8-13(9-7-12)10-18-15-5-3-2-4-14(15)17-16(18)11-19/h2-9,19H,10-11H2,1H3. The highest BCUT2D eigenvalue weighted by molar-refractivity contribution is 5.76. The summed E-state index contributed by atoms with van der Waals surface area (Å²) in [5.74, 6) is 0.710. The molecule has 1 aromatic heterocycles. The van der Waals surface area contributed by atoms with Crippen molar-refractivity contribution in [1.82, 2.24) is 9.55 Å². The first-order valence-electron chi connectivity index (χ1n) is 6.38. The number of benzene rings is 2. The molecule has 19 heavy (non-hydrogen) atoms. The maximum Gasteiger partial charge on any atom is 0.136 e. The van der Waals surface area contributed by atoms with Gasteiger partial charge in [-0.3, -0.25) is 0 Å². The highest BCUT2D eigenvalue weighted by Gasteiger charge is 2.09. The molecule has 1 N–H and O–H groups in total. The Hall–Kier alpha value is -2.13. The van der Waals surface area contributed by atoms with E-state index in [2.05, 4.69) is 40.7 Å². The molecule has 0 aliphatic heterocycles. The molecule has 96 valence electrons. The first-order valence-corrected chi connectivity index (χ1v) is 6.38. The predicted molar refractivity (Wildman–Crippen MR) is 75.9 cm³/mol. The molecule has 3 nitrogen and oxygen atoms in total. The van der Waals surface area contributed by atoms with Crippen molar-refractivity contribution in [3.8, 4) is 0 Å². The van der Waals surface area contributed by atoms with Gasteiger partial charge in [0.05, 0.1) is 11.0 Å². The number of aromatic nitrogens is 2. The zero-order valence-corrected chi connectivity index (χ0v) is 10.9. The third-order valence-corrected chi connectivity index (χ3v) is 3.34. The molecule has 0 saturated heterocycles. The van der Waals surface area contributed by atoms with Crippen LogP contribution in [0.5, 0.6) is 0 Å². The molecule has 0 spiro atoms. The SMILES string of the molecule is Cc1ccc(Cn2c(CO)nc3ccccc32)cc1. The van der Waals surface area contributed by atoms with Crippen LogP contribution in [-0.2, 0) is 13.2 Å². The van der Waals surface area contributed by atoms with E-state index in [1.54, 1.807) is 0 Å². The van der Waals surface area contributed by atoms with Crippen molar-refractivity contribution in [1.29, 1.82) is 0 Å². The number of aliphatic hydroxyl groups excluding tert-OH is 1. The Morgan fingerprint density at radius 3 is 2.53 bits per heavy atom. The van der Waals surface area contributed by atoms with Gasteiger partial charge in [-0.2, -0.15) is 0 Å². The zero-order valence-electron chi connectivity index (χ0n) is 10.9. The molecule has 2 aromatic carbocycles. The van der Waals surface area contributed by atoms with Gasteiger partial charge in [-0.15, -0.1) is 0 Å². The van der Waals surface area contributed by atoms with Crippen molar-refractivity contribution in [2.45, 2.75) is 20.1 Å². The van der Waals surface area contributed by atoms with E-state index in [9.17, 15) is 5.11 Å². The third kappa shape index (κ3) is 2.25. The summed E-state index contributed by atoms with van der Waals surface area (Å²) in [7, 11) is 0. The van der Waals surface area contributed by atoms with Crippen LogP contribution < -0.4 is 0 Å². The molecule has 3 aromatic rings. The number of hydrogen-bond donors (Lipinski definition) is 1. The molecular weight excluding hydrogens is 236 g/mol. The van der Waals surface area contributed by atoms with E-state index in [4.69, 9.17) is 0 Å². The minimum atomic E-state index is -0.0411. The minimum Gasteiger partial charge on any atom is -0.388 e. The van der Waals surface area contributed by atoms with Gasteiger partial charge in [-0.1, -0.05) is 42.0 Å². The monoisotopic (exact) mass is 252 g/mol. The minimum absolute atomic E-state index is 0.0411. The summed E-state index contributed by atoms with van der Waals surface area (Å²) in [6.45, 7) is 2.77. The van der Waals surface area contributed by atoms with Crippen molar-refractivity contribution >= 4 is 11.0 Å². The second-order valence-electron chi connectivity index (χ2n) is 4.75. The molecule has 0 unspecified atom stereocenters. The predicted octanol–water partition coefficient (Wildman–Crippen LogP) is 2.89. The van der Waals surface area contributed by atoms with E-state index in [1.165, 1.54) is 11.1 Å². The second-order valence-corrected chi connectivity index (χ2v) is 4.75. The number of nitrogens with zero attached hydrogens (tertiary/aromatic N) is 2. The smallest absolute Gasteiger partial charge is 0.136 e. The van der Waals surface area contributed by atoms with Crippen LogP contribution >= 0.6 is 0 Å². The van der Waals surface area contributed by atoms with Gasteiger partial charge in [0.25, 0.3) is 0 Å². The largest absolute Gasteiger partial charge is 0.388 e. The van der Waals surface area contributed by atoms with Gasteiger partial charge in [-0.05, 0) is 24.6 Å². The van der Waals surface area contributed by atoms with Gasteiger partial charge < -0.3 is 9.67 Å². The van der Waals surface area contributed by atoms with E-state index in [1.807, 2.05) is 24.3 Å². The number of hydrogen-bond acceptors (Lipinski definition) is 2. The van der Waals surface area contributed by atoms with Gasteiger partial charge in [0.15, 0.2) is 0 Å². The van der Waals surface area contributed by atoms with E-state index in [-0.39, 0.29) is 6.61 Å². The Labute approximate surface area is 112 Å². The molecule has 0 atom stereocenters. The molecule has 0 fully saturated rings. The number of rotatable bonds is 3. The molecule has 1 heterocycles. The lowest BCUT2D eigenvalue weighted by Crippen LogP contribution is -2.05. The fraction of sp³-hybridized carbons (Fsp3) is 0.188. The summed E-state index contributed by atoms with van der Waals surface area (Å²) >= 11 is 0. The molecule has 0 bridgehead atoms. The summed E-state index contributed by atoms with van der Waals surface area (Å²) in [6, 6.07) is 16.4. The van der Waals surface area contributed by atoms with Gasteiger partial charge in [0.1, 0.15) is 12.4 Å². The van der Waals surface area contributed by atoms with Crippen LogP contribution in [0.15, 0.2) is 48.5 Å². The third-order valence-electron chi connectivity index (χ3n) is 3.34. The molecular formula is C16H16N2O. The Balaban J connectivity index is 2.06. The van der Waals surface area contributed by atoms with Crippen LogP contribution in [0, 0.1) is 6.92 Å². The first-order chi connectivity index (χ1) is 9.28. The molecule has 0 saturated carbocycles. The van der Waals surface area contributed by atoms with Crippen molar-refractivity contribution in [3.05, 3.63) is 65.5 Å². The van der Waals surface area contributed by atoms with Crippen molar-refractivity contribution in [2.75, 3.05) is 0 Å². The first kappa shape index (κ1) is 11.9. The van der Waals surface area contributed by atoms with Crippen molar-refractivity contribution < 1.29 is 5.11 Å². The summed E-state index contributed by atoms with van der Waals surface area (Å²) < 4.78 is 2.07. The molecule has 0 radical (unpaired) electrons. The summed E-state index contributed by atoms with van der Waals surface area (Å²) in [5.41, 5.74) is 4.45. The van der Waals surface area contributed by atoms with Crippen LogP contribution in [0.25, 0.3) is 11.0 Å². The van der Waals surface area contributed by atoms with Crippen LogP contribution in [-0.4, -0.2) is 14.7 Å². The van der Waals surface area contributed by atoms with E-state index in [0.717, 1.165) is 17.6 Å². The van der Waals surface area contributed by atoms with Gasteiger partial charge in [-0.25, -0.2) is 4.98 Å². The quantitative estimate of drug-likeness (QED) is 0.778. The number of fused-ring (bicyclic) bond motifs is 1. The topological polar surface area (TPSA) is 38.0 Å². The summed E-state index contributed by atoms with van der Waals surface area (Å²) in [6.07, 6.45) is 0. The molecule has 0 amide bonds. The lowest BCUT2D eigenvalue weighted by atomic mass is 10.1. The Bertz CT molecular complexity index is 698. The van der Waals surface area contributed by atoms with Crippen LogP contribution in [0.2, 0.25) is 0 Å². The second kappa shape index (κ2) is 4.86. The summed E-state index contributed by atoms with van der Waals surface area (Å²) in [5, 5.41) is 9.46. The van der Waals surface area contributed by atoms with Crippen molar-refractivity contribution in [3.63, 3.8) is 0 Å². The van der Waals surface area contributed by atoms with Gasteiger partial charge >= 0.3 is 0 Å². The van der Waals surface area contributed by atoms with Gasteiger partial charge in [0, 0.05) is 6.54 Å². The molecule has 0 aliphatic rings. The summed E-state index contributed by atoms with van der Waals surface area (Å²) in [4.78, 5) is 4.46. The van der Waals surface area contributed by atoms with Crippen LogP contribution in [0.3, 0.4) is 0 Å². The Kier molecular flexibility index (Phi) is 3.05. The number of aliphatic hydroxyl groups is 1. The van der Waals surface area contributed by atoms with E-state index < -0.39 is 0 Å². The average Bonchev–Trinajstić information content (AvgIpc) is 2.79. The normalized spacial score (nSPS) is 11.1. The number of para-hydroxylation sites is 2. The van der Waals surface area contributed by atoms with E-state index in [0.29, 0.717) is 5.82 Å². The average molecular weight is 252 g/mol. The Morgan fingerprint density at radius 1 is 1.05 bits per heavy atom. The van der Waals surface area contributed by atoms with Crippen LogP contribution in [0.1, 0.15) is 17.0 Å².